The van der Waals surface area contributed by atoms with Crippen molar-refractivity contribution in [1.82, 2.24) is 10.2 Å². The van der Waals surface area contributed by atoms with Gasteiger partial charge in [-0.15, -0.1) is 0 Å². The molecule has 0 fully saturated rings. The number of ketones is 1. The number of hydrogen-bond donors (Lipinski definition) is 3. The molecule has 0 aliphatic heterocycles. The Balaban J connectivity index is 1.77. The molecule has 0 bridgehead atoms. The van der Waals surface area contributed by atoms with E-state index >= 15 is 0 Å². The van der Waals surface area contributed by atoms with Crippen molar-refractivity contribution in [3.8, 4) is 5.75 Å². The SMILES string of the molecule is CN(C)C(=O)c1cccc(NC2=C(NCc3cccc(F)c3)CC2=O)c1O. The van der Waals surface area contributed by atoms with E-state index in [1.165, 1.54) is 23.1 Å². The van der Waals surface area contributed by atoms with E-state index in [0.717, 1.165) is 5.56 Å². The van der Waals surface area contributed by atoms with Gasteiger partial charge in [0.25, 0.3) is 5.91 Å². The molecule has 140 valence electrons. The third-order valence-corrected chi connectivity index (χ3v) is 4.25. The topological polar surface area (TPSA) is 81.7 Å². The monoisotopic (exact) mass is 369 g/mol. The Bertz CT molecular complexity index is 938. The molecule has 1 aliphatic rings. The Morgan fingerprint density at radius 1 is 1.22 bits per heavy atom. The third-order valence-electron chi connectivity index (χ3n) is 4.25. The third kappa shape index (κ3) is 3.92. The first-order chi connectivity index (χ1) is 12.9. The molecule has 0 atom stereocenters. The number of allylic oxidation sites excluding steroid dienone is 2. The summed E-state index contributed by atoms with van der Waals surface area (Å²) >= 11 is 0. The van der Waals surface area contributed by atoms with Crippen molar-refractivity contribution in [3.05, 3.63) is 70.8 Å². The van der Waals surface area contributed by atoms with Crippen LogP contribution in [0.4, 0.5) is 10.1 Å². The number of anilines is 1. The van der Waals surface area contributed by atoms with E-state index < -0.39 is 0 Å². The number of phenols is 1. The highest BCUT2D eigenvalue weighted by Gasteiger charge is 2.28. The number of hydrogen-bond acceptors (Lipinski definition) is 5. The van der Waals surface area contributed by atoms with E-state index in [1.54, 1.807) is 38.4 Å². The van der Waals surface area contributed by atoms with Crippen molar-refractivity contribution in [2.45, 2.75) is 13.0 Å². The summed E-state index contributed by atoms with van der Waals surface area (Å²) in [6.45, 7) is 0.372. The van der Waals surface area contributed by atoms with E-state index in [9.17, 15) is 19.1 Å². The van der Waals surface area contributed by atoms with Crippen molar-refractivity contribution < 1.29 is 19.1 Å². The van der Waals surface area contributed by atoms with Gasteiger partial charge in [-0.1, -0.05) is 18.2 Å². The van der Waals surface area contributed by atoms with Crippen LogP contribution in [0, 0.1) is 5.82 Å². The van der Waals surface area contributed by atoms with Gasteiger partial charge in [0.05, 0.1) is 17.7 Å². The van der Waals surface area contributed by atoms with Crippen molar-refractivity contribution in [2.24, 2.45) is 0 Å². The van der Waals surface area contributed by atoms with Gasteiger partial charge in [-0.3, -0.25) is 9.59 Å². The van der Waals surface area contributed by atoms with E-state index in [0.29, 0.717) is 17.9 Å². The highest BCUT2D eigenvalue weighted by Crippen LogP contribution is 2.32. The van der Waals surface area contributed by atoms with E-state index in [-0.39, 0.29) is 40.9 Å². The number of carbonyl (C=O) groups excluding carboxylic acids is 2. The lowest BCUT2D eigenvalue weighted by atomic mass is 9.98. The summed E-state index contributed by atoms with van der Waals surface area (Å²) in [7, 11) is 3.18. The van der Waals surface area contributed by atoms with Gasteiger partial charge >= 0.3 is 0 Å². The molecule has 7 heteroatoms. The predicted molar refractivity (Wildman–Crippen MR) is 99.6 cm³/mol. The lowest BCUT2D eigenvalue weighted by Crippen LogP contribution is -2.32. The van der Waals surface area contributed by atoms with Crippen molar-refractivity contribution in [1.29, 1.82) is 0 Å². The van der Waals surface area contributed by atoms with Crippen LogP contribution in [0.15, 0.2) is 53.9 Å². The molecule has 0 aromatic heterocycles. The Hall–Kier alpha value is -3.35. The molecular formula is C20H20FN3O3. The number of amides is 1. The predicted octanol–water partition coefficient (Wildman–Crippen LogP) is 2.62. The molecule has 27 heavy (non-hydrogen) atoms. The van der Waals surface area contributed by atoms with Crippen LogP contribution in [0.2, 0.25) is 0 Å². The molecule has 2 aromatic carbocycles. The summed E-state index contributed by atoms with van der Waals surface area (Å²) in [5.41, 5.74) is 2.18. The molecule has 3 rings (SSSR count). The van der Waals surface area contributed by atoms with Gasteiger partial charge in [0.1, 0.15) is 11.5 Å². The molecule has 0 radical (unpaired) electrons. The standard InChI is InChI=1S/C20H20FN3O3/c1-24(2)20(27)14-7-4-8-15(19(14)26)23-18-16(10-17(18)25)22-11-12-5-3-6-13(21)9-12/h3-9,22-23,26H,10-11H2,1-2H3. The lowest BCUT2D eigenvalue weighted by molar-refractivity contribution is -0.116. The fraction of sp³-hybridized carbons (Fsp3) is 0.200. The van der Waals surface area contributed by atoms with Crippen LogP contribution in [0.1, 0.15) is 22.3 Å². The number of phenolic OH excluding ortho intramolecular Hbond substituents is 1. The van der Waals surface area contributed by atoms with E-state index in [1.807, 2.05) is 0 Å². The van der Waals surface area contributed by atoms with Crippen molar-refractivity contribution in [3.63, 3.8) is 0 Å². The number of nitrogens with zero attached hydrogens (tertiary/aromatic N) is 1. The van der Waals surface area contributed by atoms with Gasteiger partial charge in [-0.25, -0.2) is 4.39 Å². The molecule has 0 unspecified atom stereocenters. The first-order valence-corrected chi connectivity index (χ1v) is 8.42. The van der Waals surface area contributed by atoms with Gasteiger partial charge in [0.15, 0.2) is 11.5 Å². The number of rotatable bonds is 6. The Morgan fingerprint density at radius 3 is 2.63 bits per heavy atom. The second kappa shape index (κ2) is 7.49. The summed E-state index contributed by atoms with van der Waals surface area (Å²) in [5.74, 6) is -0.985. The quantitative estimate of drug-likeness (QED) is 0.682. The minimum absolute atomic E-state index is 0.111. The molecule has 2 aromatic rings. The molecule has 0 spiro atoms. The molecule has 0 saturated carbocycles. The summed E-state index contributed by atoms with van der Waals surface area (Å²) < 4.78 is 13.3. The van der Waals surface area contributed by atoms with Gasteiger partial charge in [0, 0.05) is 26.3 Å². The van der Waals surface area contributed by atoms with Gasteiger partial charge < -0.3 is 20.6 Å². The Labute approximate surface area is 156 Å². The molecule has 0 heterocycles. The number of aromatic hydroxyl groups is 1. The highest BCUT2D eigenvalue weighted by molar-refractivity contribution is 6.07. The fourth-order valence-electron chi connectivity index (χ4n) is 2.74. The first kappa shape index (κ1) is 18.4. The summed E-state index contributed by atoms with van der Waals surface area (Å²) in [6.07, 6.45) is 0.231. The molecule has 0 saturated heterocycles. The molecule has 1 aliphatic carbocycles. The smallest absolute Gasteiger partial charge is 0.257 e. The van der Waals surface area contributed by atoms with Crippen LogP contribution < -0.4 is 10.6 Å². The zero-order valence-corrected chi connectivity index (χ0v) is 15.0. The molecule has 6 nitrogen and oxygen atoms in total. The highest BCUT2D eigenvalue weighted by atomic mass is 19.1. The normalized spacial score (nSPS) is 13.2. The minimum atomic E-state index is -0.338. The van der Waals surface area contributed by atoms with Crippen LogP contribution in [-0.2, 0) is 11.3 Å². The first-order valence-electron chi connectivity index (χ1n) is 8.42. The van der Waals surface area contributed by atoms with Crippen molar-refractivity contribution >= 4 is 17.4 Å². The molecule has 3 N–H and O–H groups in total. The molecular weight excluding hydrogens is 349 g/mol. The fourth-order valence-corrected chi connectivity index (χ4v) is 2.74. The largest absolute Gasteiger partial charge is 0.505 e. The minimum Gasteiger partial charge on any atom is -0.505 e. The number of nitrogens with one attached hydrogen (secondary N) is 2. The Kier molecular flexibility index (Phi) is 5.12. The summed E-state index contributed by atoms with van der Waals surface area (Å²) in [5, 5.41) is 16.4. The van der Waals surface area contributed by atoms with E-state index in [4.69, 9.17) is 0 Å². The van der Waals surface area contributed by atoms with Crippen LogP contribution in [0.3, 0.4) is 0 Å². The average molecular weight is 369 g/mol. The maximum atomic E-state index is 13.3. The number of Topliss-reactive ketones (excluding diaryl/α,β-unsaturated/α-hetero) is 1. The number of benzene rings is 2. The van der Waals surface area contributed by atoms with Crippen LogP contribution in [-0.4, -0.2) is 35.8 Å². The maximum absolute atomic E-state index is 13.3. The molecule has 1 amide bonds. The van der Waals surface area contributed by atoms with Gasteiger partial charge in [0.2, 0.25) is 0 Å². The van der Waals surface area contributed by atoms with Gasteiger partial charge in [-0.05, 0) is 29.8 Å². The summed E-state index contributed by atoms with van der Waals surface area (Å²) in [6, 6.07) is 10.9. The van der Waals surface area contributed by atoms with Crippen LogP contribution >= 0.6 is 0 Å². The zero-order chi connectivity index (χ0) is 19.6. The lowest BCUT2D eigenvalue weighted by Gasteiger charge is -2.25. The van der Waals surface area contributed by atoms with E-state index in [2.05, 4.69) is 10.6 Å². The average Bonchev–Trinajstić information content (AvgIpc) is 2.63. The van der Waals surface area contributed by atoms with Gasteiger partial charge in [-0.2, -0.15) is 0 Å². The Morgan fingerprint density at radius 2 is 1.96 bits per heavy atom. The van der Waals surface area contributed by atoms with Crippen molar-refractivity contribution in [2.75, 3.05) is 19.4 Å². The number of halogens is 1. The second-order valence-electron chi connectivity index (χ2n) is 6.46. The number of carbonyl (C=O) groups is 2. The maximum Gasteiger partial charge on any atom is 0.257 e. The van der Waals surface area contributed by atoms with Crippen LogP contribution in [0.5, 0.6) is 5.75 Å². The summed E-state index contributed by atoms with van der Waals surface area (Å²) in [4.78, 5) is 25.5. The number of para-hydroxylation sites is 1. The van der Waals surface area contributed by atoms with Crippen LogP contribution in [0.25, 0.3) is 0 Å². The second-order valence-corrected chi connectivity index (χ2v) is 6.46. The zero-order valence-electron chi connectivity index (χ0n) is 15.0.